The van der Waals surface area contributed by atoms with Gasteiger partial charge in [-0.25, -0.2) is 0 Å². The summed E-state index contributed by atoms with van der Waals surface area (Å²) >= 11 is 23.1. The maximum absolute atomic E-state index is 12.5. The van der Waals surface area contributed by atoms with Crippen LogP contribution in [-0.2, 0) is 0 Å². The minimum atomic E-state index is -1.97. The molecule has 0 bridgehead atoms. The van der Waals surface area contributed by atoms with Gasteiger partial charge in [0.2, 0.25) is 3.79 Å². The van der Waals surface area contributed by atoms with Gasteiger partial charge in [0.1, 0.15) is 17.6 Å². The van der Waals surface area contributed by atoms with Gasteiger partial charge in [-0.05, 0) is 43.4 Å². The van der Waals surface area contributed by atoms with Crippen molar-refractivity contribution < 1.29 is 14.5 Å². The van der Waals surface area contributed by atoms with Crippen molar-refractivity contribution in [3.63, 3.8) is 0 Å². The standard InChI is InChI=1S/C18H17Cl3N4O4S/c1-10-3-5-11(6-4-10)15(26)23-16(18(19,20)21)24-17(30)22-13-8-7-12(29-2)9-14(13)25(27)28/h3-9,16H,1-2H3,(H,23,26)(H2,22,24,30). The number of anilines is 1. The lowest BCUT2D eigenvalue weighted by Crippen LogP contribution is -2.56. The van der Waals surface area contributed by atoms with E-state index in [-0.39, 0.29) is 16.5 Å². The summed E-state index contributed by atoms with van der Waals surface area (Å²) in [5, 5.41) is 19.0. The summed E-state index contributed by atoms with van der Waals surface area (Å²) < 4.78 is 3.01. The zero-order valence-electron chi connectivity index (χ0n) is 15.7. The number of hydrogen-bond donors (Lipinski definition) is 3. The molecular formula is C18H17Cl3N4O4S. The molecule has 0 aliphatic carbocycles. The van der Waals surface area contributed by atoms with Crippen molar-refractivity contribution in [3.8, 4) is 5.75 Å². The van der Waals surface area contributed by atoms with Crippen molar-refractivity contribution in [2.75, 3.05) is 12.4 Å². The topological polar surface area (TPSA) is 106 Å². The number of halogens is 3. The molecule has 1 unspecified atom stereocenters. The van der Waals surface area contributed by atoms with Crippen LogP contribution in [0, 0.1) is 17.0 Å². The summed E-state index contributed by atoms with van der Waals surface area (Å²) in [4.78, 5) is 23.2. The summed E-state index contributed by atoms with van der Waals surface area (Å²) in [5.41, 5.74) is 1.15. The molecule has 0 aliphatic rings. The van der Waals surface area contributed by atoms with Gasteiger partial charge in [0.15, 0.2) is 5.11 Å². The number of nitro groups is 1. The van der Waals surface area contributed by atoms with Gasteiger partial charge in [-0.1, -0.05) is 52.5 Å². The molecule has 0 heterocycles. The quantitative estimate of drug-likeness (QED) is 0.182. The molecule has 160 valence electrons. The highest BCUT2D eigenvalue weighted by atomic mass is 35.6. The van der Waals surface area contributed by atoms with E-state index in [0.717, 1.165) is 5.56 Å². The van der Waals surface area contributed by atoms with E-state index in [4.69, 9.17) is 51.8 Å². The fraction of sp³-hybridized carbons (Fsp3) is 0.222. The Morgan fingerprint density at radius 2 is 1.80 bits per heavy atom. The van der Waals surface area contributed by atoms with Crippen LogP contribution in [0.5, 0.6) is 5.75 Å². The van der Waals surface area contributed by atoms with Crippen molar-refractivity contribution in [2.45, 2.75) is 16.9 Å². The van der Waals surface area contributed by atoms with Gasteiger partial charge < -0.3 is 20.7 Å². The van der Waals surface area contributed by atoms with Gasteiger partial charge in [0.05, 0.1) is 18.1 Å². The van der Waals surface area contributed by atoms with E-state index in [1.54, 1.807) is 24.3 Å². The molecule has 0 spiro atoms. The number of nitro benzene ring substituents is 1. The molecule has 1 atom stereocenters. The molecule has 8 nitrogen and oxygen atoms in total. The zero-order chi connectivity index (χ0) is 22.5. The van der Waals surface area contributed by atoms with E-state index in [1.165, 1.54) is 25.3 Å². The number of methoxy groups -OCH3 is 1. The second-order valence-corrected chi connectivity index (χ2v) is 8.83. The average molecular weight is 492 g/mol. The van der Waals surface area contributed by atoms with Gasteiger partial charge in [0.25, 0.3) is 11.6 Å². The van der Waals surface area contributed by atoms with Crippen LogP contribution in [0.2, 0.25) is 0 Å². The van der Waals surface area contributed by atoms with Gasteiger partial charge in [0, 0.05) is 5.56 Å². The molecule has 1 amide bonds. The van der Waals surface area contributed by atoms with Crippen molar-refractivity contribution in [2.24, 2.45) is 0 Å². The molecule has 0 aliphatic heterocycles. The molecule has 0 aromatic heterocycles. The molecule has 2 rings (SSSR count). The van der Waals surface area contributed by atoms with Gasteiger partial charge in [-0.15, -0.1) is 0 Å². The van der Waals surface area contributed by atoms with Crippen LogP contribution in [0.3, 0.4) is 0 Å². The molecule has 12 heteroatoms. The highest BCUT2D eigenvalue weighted by Crippen LogP contribution is 2.31. The lowest BCUT2D eigenvalue weighted by atomic mass is 10.1. The zero-order valence-corrected chi connectivity index (χ0v) is 18.8. The normalized spacial score (nSPS) is 11.9. The molecule has 0 saturated carbocycles. The minimum Gasteiger partial charge on any atom is -0.496 e. The van der Waals surface area contributed by atoms with Crippen LogP contribution in [0.1, 0.15) is 15.9 Å². The molecular weight excluding hydrogens is 475 g/mol. The number of benzene rings is 2. The number of ether oxygens (including phenoxy) is 1. The summed E-state index contributed by atoms with van der Waals surface area (Å²) in [7, 11) is 1.39. The van der Waals surface area contributed by atoms with Crippen LogP contribution in [-0.4, -0.2) is 33.0 Å². The third-order valence-corrected chi connectivity index (χ3v) is 4.72. The lowest BCUT2D eigenvalue weighted by molar-refractivity contribution is -0.384. The third-order valence-electron chi connectivity index (χ3n) is 3.84. The second kappa shape index (κ2) is 10.1. The Balaban J connectivity index is 2.15. The first-order valence-electron chi connectivity index (χ1n) is 8.35. The van der Waals surface area contributed by atoms with Gasteiger partial charge >= 0.3 is 0 Å². The van der Waals surface area contributed by atoms with Crippen molar-refractivity contribution in [1.82, 2.24) is 10.6 Å². The van der Waals surface area contributed by atoms with Gasteiger partial charge in [-0.3, -0.25) is 14.9 Å². The summed E-state index contributed by atoms with van der Waals surface area (Å²) in [6.45, 7) is 1.88. The van der Waals surface area contributed by atoms with E-state index in [9.17, 15) is 14.9 Å². The number of alkyl halides is 3. The number of amides is 1. The molecule has 2 aromatic carbocycles. The second-order valence-electron chi connectivity index (χ2n) is 6.05. The maximum Gasteiger partial charge on any atom is 0.296 e. The summed E-state index contributed by atoms with van der Waals surface area (Å²) in [6, 6.07) is 10.9. The first-order valence-corrected chi connectivity index (χ1v) is 9.89. The smallest absolute Gasteiger partial charge is 0.296 e. The predicted octanol–water partition coefficient (Wildman–Crippen LogP) is 4.32. The van der Waals surface area contributed by atoms with Gasteiger partial charge in [-0.2, -0.15) is 0 Å². The largest absolute Gasteiger partial charge is 0.496 e. The Kier molecular flexibility index (Phi) is 8.08. The summed E-state index contributed by atoms with van der Waals surface area (Å²) in [6.07, 6.45) is -1.23. The number of carbonyl (C=O) groups is 1. The SMILES string of the molecule is COc1ccc(NC(=S)NC(NC(=O)c2ccc(C)cc2)C(Cl)(Cl)Cl)c([N+](=O)[O-])c1. The molecule has 0 saturated heterocycles. The Bertz CT molecular complexity index is 951. The molecule has 3 N–H and O–H groups in total. The van der Waals surface area contributed by atoms with Crippen molar-refractivity contribution in [3.05, 3.63) is 63.7 Å². The van der Waals surface area contributed by atoms with E-state index < -0.39 is 20.8 Å². The first kappa shape index (κ1) is 23.9. The number of rotatable bonds is 6. The van der Waals surface area contributed by atoms with Crippen LogP contribution >= 0.6 is 47.0 Å². The van der Waals surface area contributed by atoms with E-state index in [1.807, 2.05) is 6.92 Å². The lowest BCUT2D eigenvalue weighted by Gasteiger charge is -2.27. The van der Waals surface area contributed by atoms with E-state index in [0.29, 0.717) is 11.3 Å². The molecule has 0 fully saturated rings. The van der Waals surface area contributed by atoms with Crippen molar-refractivity contribution in [1.29, 1.82) is 0 Å². The predicted molar refractivity (Wildman–Crippen MR) is 122 cm³/mol. The fourth-order valence-corrected chi connectivity index (χ4v) is 2.86. The Morgan fingerprint density at radius 3 is 2.33 bits per heavy atom. The summed E-state index contributed by atoms with van der Waals surface area (Å²) in [5.74, 6) is -0.201. The molecule has 0 radical (unpaired) electrons. The Labute approximate surface area is 193 Å². The van der Waals surface area contributed by atoms with Crippen molar-refractivity contribution >= 4 is 69.4 Å². The highest BCUT2D eigenvalue weighted by Gasteiger charge is 2.35. The number of nitrogens with one attached hydrogen (secondary N) is 3. The fourth-order valence-electron chi connectivity index (χ4n) is 2.30. The van der Waals surface area contributed by atoms with Crippen LogP contribution < -0.4 is 20.7 Å². The number of carbonyl (C=O) groups excluding carboxylic acids is 1. The monoisotopic (exact) mass is 490 g/mol. The number of hydrogen-bond acceptors (Lipinski definition) is 5. The maximum atomic E-state index is 12.5. The third kappa shape index (κ3) is 6.60. The van der Waals surface area contributed by atoms with Crippen LogP contribution in [0.15, 0.2) is 42.5 Å². The Morgan fingerprint density at radius 1 is 1.17 bits per heavy atom. The van der Waals surface area contributed by atoms with E-state index in [2.05, 4.69) is 16.0 Å². The average Bonchev–Trinajstić information content (AvgIpc) is 2.67. The van der Waals surface area contributed by atoms with E-state index >= 15 is 0 Å². The molecule has 30 heavy (non-hydrogen) atoms. The van der Waals surface area contributed by atoms with Crippen LogP contribution in [0.25, 0.3) is 0 Å². The van der Waals surface area contributed by atoms with Crippen LogP contribution in [0.4, 0.5) is 11.4 Å². The Hall–Kier alpha value is -2.33. The molecule has 2 aromatic rings. The minimum absolute atomic E-state index is 0.0891. The first-order chi connectivity index (χ1) is 14.0. The highest BCUT2D eigenvalue weighted by molar-refractivity contribution is 7.80. The number of thiocarbonyl (C=S) groups is 1. The number of aryl methyl sites for hydroxylation is 1. The number of nitrogens with zero attached hydrogens (tertiary/aromatic N) is 1.